The number of alkyl halides is 3. The van der Waals surface area contributed by atoms with Gasteiger partial charge in [-0.15, -0.1) is 0 Å². The monoisotopic (exact) mass is 527 g/mol. The molecule has 1 atom stereocenters. The Labute approximate surface area is 182 Å². The third-order valence-corrected chi connectivity index (χ3v) is 4.84. The number of benzene rings is 1. The first kappa shape index (κ1) is 21.5. The number of pyridine rings is 1. The van der Waals surface area contributed by atoms with Gasteiger partial charge in [0.15, 0.2) is 11.6 Å². The van der Waals surface area contributed by atoms with E-state index in [2.05, 4.69) is 25.7 Å². The van der Waals surface area contributed by atoms with Gasteiger partial charge in [-0.25, -0.2) is 14.8 Å². The van der Waals surface area contributed by atoms with Crippen molar-refractivity contribution in [3.8, 4) is 11.9 Å². The number of urea groups is 1. The molecule has 2 heterocycles. The number of aromatic nitrogens is 4. The smallest absolute Gasteiger partial charge is 0.328 e. The van der Waals surface area contributed by atoms with Crippen molar-refractivity contribution < 1.29 is 18.0 Å². The van der Waals surface area contributed by atoms with Crippen LogP contribution in [-0.2, 0) is 6.18 Å². The van der Waals surface area contributed by atoms with Gasteiger partial charge >= 0.3 is 12.2 Å². The molecule has 0 radical (unpaired) electrons. The van der Waals surface area contributed by atoms with Crippen molar-refractivity contribution in [3.63, 3.8) is 0 Å². The maximum absolute atomic E-state index is 12.8. The summed E-state index contributed by atoms with van der Waals surface area (Å²) in [6.07, 6.45) is -1.78. The predicted octanol–water partition coefficient (Wildman–Crippen LogP) is 4.04. The van der Waals surface area contributed by atoms with Crippen LogP contribution in [0.15, 0.2) is 42.9 Å². The second-order valence-electron chi connectivity index (χ2n) is 6.06. The van der Waals surface area contributed by atoms with Crippen LogP contribution in [0.2, 0.25) is 0 Å². The zero-order chi connectivity index (χ0) is 21.9. The van der Waals surface area contributed by atoms with E-state index in [1.54, 1.807) is 41.6 Å². The molecule has 8 nitrogen and oxygen atoms in total. The summed E-state index contributed by atoms with van der Waals surface area (Å²) < 4.78 is 40.0. The molecule has 3 aromatic rings. The van der Waals surface area contributed by atoms with E-state index >= 15 is 0 Å². The first-order valence-corrected chi connectivity index (χ1v) is 9.47. The van der Waals surface area contributed by atoms with Crippen LogP contribution >= 0.6 is 22.6 Å². The number of amides is 2. The largest absolute Gasteiger partial charge is 0.416 e. The molecular formula is C18H13F3IN7O. The Morgan fingerprint density at radius 1 is 1.27 bits per heavy atom. The zero-order valence-electron chi connectivity index (χ0n) is 15.3. The fourth-order valence-electron chi connectivity index (χ4n) is 2.51. The van der Waals surface area contributed by atoms with E-state index in [0.717, 1.165) is 12.1 Å². The van der Waals surface area contributed by atoms with E-state index in [9.17, 15) is 18.0 Å². The lowest BCUT2D eigenvalue weighted by Gasteiger charge is -2.16. The molecule has 2 aromatic heterocycles. The van der Waals surface area contributed by atoms with Gasteiger partial charge in [-0.2, -0.15) is 28.2 Å². The maximum atomic E-state index is 12.8. The van der Waals surface area contributed by atoms with E-state index < -0.39 is 23.8 Å². The minimum atomic E-state index is -4.46. The summed E-state index contributed by atoms with van der Waals surface area (Å²) in [7, 11) is 0. The molecule has 2 N–H and O–H groups in total. The van der Waals surface area contributed by atoms with Gasteiger partial charge in [0.05, 0.1) is 22.9 Å². The van der Waals surface area contributed by atoms with Crippen LogP contribution in [0.4, 0.5) is 23.7 Å². The maximum Gasteiger partial charge on any atom is 0.416 e. The van der Waals surface area contributed by atoms with E-state index in [1.165, 1.54) is 23.3 Å². The molecule has 0 saturated heterocycles. The van der Waals surface area contributed by atoms with Gasteiger partial charge in [-0.3, -0.25) is 0 Å². The van der Waals surface area contributed by atoms with Gasteiger partial charge in [0, 0.05) is 9.77 Å². The predicted molar refractivity (Wildman–Crippen MR) is 109 cm³/mol. The molecule has 0 unspecified atom stereocenters. The Morgan fingerprint density at radius 3 is 2.63 bits per heavy atom. The number of nitrogens with zero attached hydrogens (tertiary/aromatic N) is 5. The molecule has 0 bridgehead atoms. The Kier molecular flexibility index (Phi) is 6.20. The molecule has 0 aliphatic carbocycles. The minimum absolute atomic E-state index is 0.239. The molecule has 3 rings (SSSR count). The average Bonchev–Trinajstić information content (AvgIpc) is 3.19. The van der Waals surface area contributed by atoms with Gasteiger partial charge in [0.2, 0.25) is 0 Å². The molecule has 0 spiro atoms. The van der Waals surface area contributed by atoms with Gasteiger partial charge in [0.25, 0.3) is 0 Å². The number of anilines is 1. The molecule has 12 heteroatoms. The van der Waals surface area contributed by atoms with Crippen LogP contribution in [-0.4, -0.2) is 25.8 Å². The number of carbonyl (C=O) groups excluding carboxylic acids is 1. The molecule has 0 aliphatic rings. The molecule has 154 valence electrons. The Morgan fingerprint density at radius 2 is 2.03 bits per heavy atom. The Hall–Kier alpha value is -3.21. The fourth-order valence-corrected chi connectivity index (χ4v) is 3.16. The van der Waals surface area contributed by atoms with Crippen LogP contribution in [0, 0.1) is 14.9 Å². The van der Waals surface area contributed by atoms with Crippen LogP contribution in [0.3, 0.4) is 0 Å². The van der Waals surface area contributed by atoms with E-state index in [-0.39, 0.29) is 9.26 Å². The second-order valence-corrected chi connectivity index (χ2v) is 7.22. The highest BCUT2D eigenvalue weighted by Crippen LogP contribution is 2.32. The van der Waals surface area contributed by atoms with Gasteiger partial charge in [-0.05, 0) is 59.8 Å². The normalized spacial score (nSPS) is 12.1. The number of nitrogens with one attached hydrogen (secondary N) is 2. The molecule has 0 fully saturated rings. The summed E-state index contributed by atoms with van der Waals surface area (Å²) in [4.78, 5) is 20.6. The lowest BCUT2D eigenvalue weighted by atomic mass is 10.2. The van der Waals surface area contributed by atoms with Crippen LogP contribution < -0.4 is 10.6 Å². The lowest BCUT2D eigenvalue weighted by Crippen LogP contribution is -2.33. The Bertz CT molecular complexity index is 1110. The SMILES string of the molecule is C[C@H](NC(=O)Nc1ccc(C(F)(F)F)cc1I)c1ncnn1-c1ccc(C#N)cn1. The standard InChI is InChI=1S/C18H13F3IN7O/c1-10(16-25-9-26-29(16)15-5-2-11(7-23)8-24-15)27-17(30)28-14-4-3-12(6-13(14)22)18(19,20)21/h2-6,8-10H,1H3,(H2,27,28,30)/t10-/m0/s1. The Balaban J connectivity index is 1.71. The molecular weight excluding hydrogens is 514 g/mol. The molecule has 30 heavy (non-hydrogen) atoms. The topological polar surface area (TPSA) is 109 Å². The number of hydrogen-bond donors (Lipinski definition) is 2. The molecule has 1 aromatic carbocycles. The minimum Gasteiger partial charge on any atom is -0.328 e. The summed E-state index contributed by atoms with van der Waals surface area (Å²) in [5.74, 6) is 0.789. The summed E-state index contributed by atoms with van der Waals surface area (Å²) in [6, 6.07) is 6.95. The molecule has 0 aliphatic heterocycles. The van der Waals surface area contributed by atoms with Crippen LogP contribution in [0.1, 0.15) is 29.9 Å². The molecule has 2 amide bonds. The number of rotatable bonds is 4. The average molecular weight is 527 g/mol. The van der Waals surface area contributed by atoms with E-state index in [4.69, 9.17) is 5.26 Å². The van der Waals surface area contributed by atoms with Gasteiger partial charge < -0.3 is 10.6 Å². The second kappa shape index (κ2) is 8.66. The fraction of sp³-hybridized carbons (Fsp3) is 0.167. The first-order valence-electron chi connectivity index (χ1n) is 8.39. The number of halogens is 4. The van der Waals surface area contributed by atoms with Crippen molar-refractivity contribution in [2.24, 2.45) is 0 Å². The highest BCUT2D eigenvalue weighted by atomic mass is 127. The number of nitriles is 1. The van der Waals surface area contributed by atoms with Crippen molar-refractivity contribution in [2.45, 2.75) is 19.1 Å². The van der Waals surface area contributed by atoms with Gasteiger partial charge in [0.1, 0.15) is 12.4 Å². The van der Waals surface area contributed by atoms with Crippen LogP contribution in [0.25, 0.3) is 5.82 Å². The summed E-state index contributed by atoms with van der Waals surface area (Å²) in [5.41, 5.74) is -0.171. The van der Waals surface area contributed by atoms with Crippen molar-refractivity contribution in [1.29, 1.82) is 5.26 Å². The van der Waals surface area contributed by atoms with Crippen molar-refractivity contribution in [3.05, 3.63) is 63.4 Å². The van der Waals surface area contributed by atoms with Crippen LogP contribution in [0.5, 0.6) is 0 Å². The number of hydrogen-bond acceptors (Lipinski definition) is 5. The summed E-state index contributed by atoms with van der Waals surface area (Å²) >= 11 is 1.72. The van der Waals surface area contributed by atoms with E-state index in [1.807, 2.05) is 6.07 Å². The number of carbonyl (C=O) groups is 1. The summed E-state index contributed by atoms with van der Waals surface area (Å²) in [5, 5.41) is 18.1. The summed E-state index contributed by atoms with van der Waals surface area (Å²) in [6.45, 7) is 1.67. The lowest BCUT2D eigenvalue weighted by molar-refractivity contribution is -0.137. The highest BCUT2D eigenvalue weighted by molar-refractivity contribution is 14.1. The van der Waals surface area contributed by atoms with Crippen molar-refractivity contribution in [2.75, 3.05) is 5.32 Å². The van der Waals surface area contributed by atoms with Gasteiger partial charge in [-0.1, -0.05) is 0 Å². The van der Waals surface area contributed by atoms with Crippen molar-refractivity contribution >= 4 is 34.3 Å². The van der Waals surface area contributed by atoms with Crippen molar-refractivity contribution in [1.82, 2.24) is 25.1 Å². The third kappa shape index (κ3) is 4.85. The third-order valence-electron chi connectivity index (χ3n) is 3.95. The molecule has 0 saturated carbocycles. The first-order chi connectivity index (χ1) is 14.2. The quantitative estimate of drug-likeness (QED) is 0.498. The van der Waals surface area contributed by atoms with E-state index in [0.29, 0.717) is 17.2 Å². The highest BCUT2D eigenvalue weighted by Gasteiger charge is 2.31. The zero-order valence-corrected chi connectivity index (χ0v) is 17.4.